The van der Waals surface area contributed by atoms with Gasteiger partial charge in [0.2, 0.25) is 0 Å². The normalized spacial score (nSPS) is 16.7. The first-order chi connectivity index (χ1) is 39.2. The van der Waals surface area contributed by atoms with E-state index in [1.54, 1.807) is 54.0 Å². The molecule has 0 bridgehead atoms. The van der Waals surface area contributed by atoms with Crippen LogP contribution >= 0.6 is 23.2 Å². The van der Waals surface area contributed by atoms with Crippen LogP contribution in [0.3, 0.4) is 0 Å². The highest BCUT2D eigenvalue weighted by atomic mass is 35.5. The minimum Gasteiger partial charge on any atom is -0.391 e. The Bertz CT molecular complexity index is 4130. The number of sulfone groups is 2. The number of carbonyl (C=O) groups is 3. The molecule has 0 saturated carbocycles. The molecule has 0 spiro atoms. The van der Waals surface area contributed by atoms with Crippen LogP contribution in [0.2, 0.25) is 10.0 Å². The number of hydrogen-bond acceptors (Lipinski definition) is 17. The summed E-state index contributed by atoms with van der Waals surface area (Å²) in [4.78, 5) is 81.3. The van der Waals surface area contributed by atoms with Crippen LogP contribution in [0.5, 0.6) is 0 Å². The zero-order valence-electron chi connectivity index (χ0n) is 42.9. The van der Waals surface area contributed by atoms with Crippen molar-refractivity contribution in [3.05, 3.63) is 161 Å². The maximum Gasteiger partial charge on any atom is 0.416 e. The standard InChI is InChI=1S/C19H15F3N4O3S.C18H15ClN4O3S.C18H15ClN4O2/c20-19(21,22)13-3-1-12(2-4-13)14-9-23-10-15-17(14)25-16(11-24-15)18(27)26-5-7-30(28,29)8-6-26;19-13-3-1-12(2-4-13)14-9-20-10-15-17(14)22-16(11-21-15)18(24)23-5-7-27(25,26)8-6-23;19-12-3-1-11(2-4-12)14-7-20-8-15-17(14)22-16(9-21-15)18(25)23-6-5-13(24)10-23/h1-4,9-11H,5-8H2;1-4,9-11H,5-8H2;1-4,7-9,13,24H,5-6,10H2. The second-order valence-corrected chi connectivity index (χ2v) is 24.6. The Balaban J connectivity index is 0.000000138. The molecule has 3 aromatic carbocycles. The second-order valence-electron chi connectivity index (χ2n) is 19.1. The van der Waals surface area contributed by atoms with Crippen molar-refractivity contribution in [1.82, 2.24) is 59.6 Å². The monoisotopic (exact) mass is 1190 g/mol. The van der Waals surface area contributed by atoms with Crippen LogP contribution < -0.4 is 0 Å². The van der Waals surface area contributed by atoms with Crippen LogP contribution in [0.25, 0.3) is 66.5 Å². The van der Waals surface area contributed by atoms with Crippen molar-refractivity contribution in [3.8, 4) is 33.4 Å². The van der Waals surface area contributed by atoms with Crippen LogP contribution in [0, 0.1) is 0 Å². The van der Waals surface area contributed by atoms with Gasteiger partial charge in [0.05, 0.1) is 71.9 Å². The molecule has 3 aliphatic rings. The average molecular weight is 1190 g/mol. The van der Waals surface area contributed by atoms with Gasteiger partial charge < -0.3 is 19.8 Å². The molecule has 1 N–H and O–H groups in total. The molecule has 3 amide bonds. The van der Waals surface area contributed by atoms with E-state index in [0.717, 1.165) is 34.4 Å². The molecule has 6 aromatic heterocycles. The van der Waals surface area contributed by atoms with Crippen LogP contribution in [0.15, 0.2) is 129 Å². The van der Waals surface area contributed by atoms with E-state index in [9.17, 15) is 49.5 Å². The molecule has 12 rings (SSSR count). The molecule has 420 valence electrons. The number of likely N-dealkylation sites (tertiary alicyclic amines) is 1. The number of fused-ring (bicyclic) bond motifs is 3. The van der Waals surface area contributed by atoms with E-state index in [2.05, 4.69) is 44.9 Å². The van der Waals surface area contributed by atoms with E-state index in [1.165, 1.54) is 52.9 Å². The summed E-state index contributed by atoms with van der Waals surface area (Å²) in [5.41, 5.74) is 6.94. The Morgan fingerprint density at radius 2 is 0.805 bits per heavy atom. The van der Waals surface area contributed by atoms with E-state index in [-0.39, 0.29) is 78.1 Å². The molecule has 3 aliphatic heterocycles. The van der Waals surface area contributed by atoms with Gasteiger partial charge in [-0.1, -0.05) is 59.6 Å². The van der Waals surface area contributed by atoms with Crippen molar-refractivity contribution in [2.45, 2.75) is 18.7 Å². The SMILES string of the molecule is O=C(c1cnc2cncc(-c3ccc(C(F)(F)F)cc3)c2n1)N1CCS(=O)(=O)CC1.O=C(c1cnc2cncc(-c3ccc(Cl)cc3)c2n1)N1CCC(O)C1.O=C(c1cnc2cncc(-c3ccc(Cl)cc3)c2n1)N1CCS(=O)(=O)CC1. The van der Waals surface area contributed by atoms with E-state index in [1.807, 2.05) is 24.3 Å². The zero-order chi connectivity index (χ0) is 57.9. The van der Waals surface area contributed by atoms with Gasteiger partial charge in [-0.05, 0) is 59.5 Å². The molecule has 0 radical (unpaired) electrons. The van der Waals surface area contributed by atoms with Gasteiger partial charge in [0.25, 0.3) is 17.7 Å². The molecular formula is C55H45Cl2F3N12O8S2. The number of halogens is 5. The molecular weight excluding hydrogens is 1150 g/mol. The number of hydrogen-bond donors (Lipinski definition) is 1. The number of aliphatic hydroxyl groups excluding tert-OH is 1. The number of rotatable bonds is 6. The number of aromatic nitrogens is 9. The Morgan fingerprint density at radius 1 is 0.476 bits per heavy atom. The number of nitrogens with zero attached hydrogens (tertiary/aromatic N) is 12. The quantitative estimate of drug-likeness (QED) is 0.170. The summed E-state index contributed by atoms with van der Waals surface area (Å²) >= 11 is 11.9. The van der Waals surface area contributed by atoms with E-state index in [0.29, 0.717) is 73.8 Å². The number of carbonyl (C=O) groups excluding carboxylic acids is 3. The predicted octanol–water partition coefficient (Wildman–Crippen LogP) is 7.35. The molecule has 3 fully saturated rings. The lowest BCUT2D eigenvalue weighted by atomic mass is 10.0. The summed E-state index contributed by atoms with van der Waals surface area (Å²) in [5.74, 6) is -1.27. The summed E-state index contributed by atoms with van der Waals surface area (Å²) in [6.45, 7) is 1.34. The largest absolute Gasteiger partial charge is 0.416 e. The molecule has 9 heterocycles. The fourth-order valence-electron chi connectivity index (χ4n) is 9.09. The lowest BCUT2D eigenvalue weighted by Crippen LogP contribution is -2.44. The molecule has 1 unspecified atom stereocenters. The zero-order valence-corrected chi connectivity index (χ0v) is 46.0. The lowest BCUT2D eigenvalue weighted by molar-refractivity contribution is -0.137. The third-order valence-electron chi connectivity index (χ3n) is 13.6. The number of amides is 3. The third-order valence-corrected chi connectivity index (χ3v) is 17.3. The van der Waals surface area contributed by atoms with Gasteiger partial charge in [0, 0.05) is 84.6 Å². The van der Waals surface area contributed by atoms with Crippen molar-refractivity contribution in [2.75, 3.05) is 62.3 Å². The Kier molecular flexibility index (Phi) is 16.5. The fraction of sp³-hybridized carbons (Fsp3) is 0.236. The van der Waals surface area contributed by atoms with Gasteiger partial charge in [-0.15, -0.1) is 0 Å². The van der Waals surface area contributed by atoms with Crippen molar-refractivity contribution in [2.24, 2.45) is 0 Å². The topological polar surface area (TPSA) is 265 Å². The minimum atomic E-state index is -4.45. The summed E-state index contributed by atoms with van der Waals surface area (Å²) < 4.78 is 84.8. The van der Waals surface area contributed by atoms with Crippen molar-refractivity contribution < 1.29 is 49.5 Å². The van der Waals surface area contributed by atoms with Crippen LogP contribution in [-0.2, 0) is 25.9 Å². The first-order valence-corrected chi connectivity index (χ1v) is 29.6. The van der Waals surface area contributed by atoms with Crippen molar-refractivity contribution in [3.63, 3.8) is 0 Å². The van der Waals surface area contributed by atoms with Crippen LogP contribution in [-0.4, -0.2) is 168 Å². The molecule has 82 heavy (non-hydrogen) atoms. The van der Waals surface area contributed by atoms with E-state index in [4.69, 9.17) is 23.2 Å². The number of alkyl halides is 3. The molecule has 3 saturated heterocycles. The smallest absolute Gasteiger partial charge is 0.391 e. The first-order valence-electron chi connectivity index (χ1n) is 25.2. The Morgan fingerprint density at radius 3 is 1.12 bits per heavy atom. The first kappa shape index (κ1) is 57.0. The lowest BCUT2D eigenvalue weighted by Gasteiger charge is -2.26. The van der Waals surface area contributed by atoms with Gasteiger partial charge in [-0.25, -0.2) is 31.8 Å². The minimum absolute atomic E-state index is 0.0281. The maximum atomic E-state index is 12.8. The van der Waals surface area contributed by atoms with Gasteiger partial charge in [-0.3, -0.25) is 44.3 Å². The number of β-amino-alcohol motifs (C(OH)–C–C–N with tert-alkyl or cyclic N) is 1. The summed E-state index contributed by atoms with van der Waals surface area (Å²) in [5, 5.41) is 10.9. The second kappa shape index (κ2) is 23.7. The van der Waals surface area contributed by atoms with Crippen LogP contribution in [0.4, 0.5) is 13.2 Å². The van der Waals surface area contributed by atoms with E-state index >= 15 is 0 Å². The van der Waals surface area contributed by atoms with E-state index < -0.39 is 43.4 Å². The summed E-state index contributed by atoms with van der Waals surface area (Å²) in [6.07, 6.45) is 9.29. The Labute approximate surface area is 475 Å². The number of pyridine rings is 3. The molecule has 0 aliphatic carbocycles. The van der Waals surface area contributed by atoms with Crippen molar-refractivity contribution in [1.29, 1.82) is 0 Å². The molecule has 27 heteroatoms. The predicted molar refractivity (Wildman–Crippen MR) is 299 cm³/mol. The van der Waals surface area contributed by atoms with Crippen LogP contribution in [0.1, 0.15) is 43.4 Å². The highest BCUT2D eigenvalue weighted by Gasteiger charge is 2.32. The fourth-order valence-corrected chi connectivity index (χ4v) is 11.7. The van der Waals surface area contributed by atoms with Gasteiger partial charge >= 0.3 is 6.18 Å². The highest BCUT2D eigenvalue weighted by molar-refractivity contribution is 7.91. The molecule has 1 atom stereocenters. The van der Waals surface area contributed by atoms with Crippen molar-refractivity contribution >= 4 is 93.7 Å². The number of aliphatic hydroxyl groups is 1. The average Bonchev–Trinajstić information content (AvgIpc) is 3.90. The summed E-state index contributed by atoms with van der Waals surface area (Å²) in [6, 6.07) is 19.1. The third kappa shape index (κ3) is 13.1. The molecule has 20 nitrogen and oxygen atoms in total. The summed E-state index contributed by atoms with van der Waals surface area (Å²) in [7, 11) is -6.20. The van der Waals surface area contributed by atoms with Gasteiger partial charge in [0.1, 0.15) is 50.2 Å². The number of benzene rings is 3. The highest BCUT2D eigenvalue weighted by Crippen LogP contribution is 2.33. The molecule has 9 aromatic rings. The van der Waals surface area contributed by atoms with Gasteiger partial charge in [-0.2, -0.15) is 13.2 Å². The maximum absolute atomic E-state index is 12.8. The Hall–Kier alpha value is -8.23. The van der Waals surface area contributed by atoms with Gasteiger partial charge in [0.15, 0.2) is 19.7 Å².